The van der Waals surface area contributed by atoms with Crippen molar-refractivity contribution < 1.29 is 0 Å². The number of allylic oxidation sites excluding steroid dienone is 7. The maximum atomic E-state index is 4.50. The Morgan fingerprint density at radius 1 is 0.921 bits per heavy atom. The molecule has 4 atom stereocenters. The fourth-order valence-electron chi connectivity index (χ4n) is 7.09. The molecule has 4 unspecified atom stereocenters. The Morgan fingerprint density at radius 2 is 1.68 bits per heavy atom. The molecular weight excluding hydrogens is 456 g/mol. The van der Waals surface area contributed by atoms with Crippen molar-refractivity contribution >= 4 is 0 Å². The van der Waals surface area contributed by atoms with Crippen LogP contribution in [0.15, 0.2) is 71.9 Å². The molecule has 1 aromatic rings. The molecule has 0 radical (unpaired) electrons. The van der Waals surface area contributed by atoms with Crippen molar-refractivity contribution in [2.75, 3.05) is 0 Å². The van der Waals surface area contributed by atoms with Gasteiger partial charge in [0.05, 0.1) is 0 Å². The molecule has 0 saturated heterocycles. The molecule has 208 valence electrons. The van der Waals surface area contributed by atoms with Crippen molar-refractivity contribution in [3.8, 4) is 0 Å². The maximum Gasteiger partial charge on any atom is -0.0132 e. The molecule has 0 bridgehead atoms. The summed E-state index contributed by atoms with van der Waals surface area (Å²) in [6.07, 6.45) is 29.8. The summed E-state index contributed by atoms with van der Waals surface area (Å²) in [4.78, 5) is 0. The zero-order chi connectivity index (χ0) is 27.0. The molecule has 3 aliphatic carbocycles. The van der Waals surface area contributed by atoms with Gasteiger partial charge >= 0.3 is 0 Å². The average molecular weight is 513 g/mol. The first-order chi connectivity index (χ1) is 18.3. The van der Waals surface area contributed by atoms with Crippen LogP contribution in [0.4, 0.5) is 0 Å². The van der Waals surface area contributed by atoms with Gasteiger partial charge in [-0.15, -0.1) is 0 Å². The standard InChI is InChI=1S/C38H56/c1-29(25-32-11-7-6-8-12-32)30(2)26-35-21-23-36(24-22-35)27-33-14-9-13-31(17-19-33)18-20-34-15-10-16-37(28-34)38(3,4)5/h6-7,10,15-16,21,24,28,30-33H,1,8-9,11-14,17-20,22-23,25-27H2,2-5H3. The predicted molar refractivity (Wildman–Crippen MR) is 168 cm³/mol. The minimum Gasteiger partial charge on any atom is -0.0996 e. The zero-order valence-corrected chi connectivity index (χ0v) is 25.2. The molecule has 0 heteroatoms. The van der Waals surface area contributed by atoms with Gasteiger partial charge in [0.25, 0.3) is 0 Å². The zero-order valence-electron chi connectivity index (χ0n) is 25.2. The van der Waals surface area contributed by atoms with Crippen LogP contribution in [-0.4, -0.2) is 0 Å². The van der Waals surface area contributed by atoms with E-state index in [-0.39, 0.29) is 5.41 Å². The monoisotopic (exact) mass is 512 g/mol. The Hall–Kier alpha value is -1.82. The topological polar surface area (TPSA) is 0 Å². The first-order valence-corrected chi connectivity index (χ1v) is 16.0. The molecule has 0 heterocycles. The number of hydrogen-bond acceptors (Lipinski definition) is 0. The molecule has 4 rings (SSSR count). The van der Waals surface area contributed by atoms with E-state index < -0.39 is 0 Å². The fourth-order valence-corrected chi connectivity index (χ4v) is 7.09. The summed E-state index contributed by atoms with van der Waals surface area (Å²) >= 11 is 0. The normalized spacial score (nSPS) is 25.3. The van der Waals surface area contributed by atoms with Crippen LogP contribution in [0.5, 0.6) is 0 Å². The van der Waals surface area contributed by atoms with Crippen molar-refractivity contribution in [2.24, 2.45) is 23.7 Å². The molecular formula is C38H56. The Kier molecular flexibility index (Phi) is 10.7. The van der Waals surface area contributed by atoms with Gasteiger partial charge in [-0.2, -0.15) is 0 Å². The predicted octanol–water partition coefficient (Wildman–Crippen LogP) is 11.5. The van der Waals surface area contributed by atoms with E-state index in [1.54, 1.807) is 11.1 Å². The van der Waals surface area contributed by atoms with Crippen LogP contribution in [0.25, 0.3) is 0 Å². The van der Waals surface area contributed by atoms with Crippen LogP contribution in [0, 0.1) is 23.7 Å². The van der Waals surface area contributed by atoms with Gasteiger partial charge in [-0.1, -0.05) is 125 Å². The van der Waals surface area contributed by atoms with Gasteiger partial charge < -0.3 is 0 Å². The second-order valence-corrected chi connectivity index (χ2v) is 14.2. The lowest BCUT2D eigenvalue weighted by atomic mass is 9.81. The first-order valence-electron chi connectivity index (χ1n) is 16.0. The van der Waals surface area contributed by atoms with Crippen LogP contribution in [0.1, 0.15) is 129 Å². The lowest BCUT2D eigenvalue weighted by Gasteiger charge is -2.24. The van der Waals surface area contributed by atoms with Crippen molar-refractivity contribution in [1.82, 2.24) is 0 Å². The van der Waals surface area contributed by atoms with Gasteiger partial charge in [-0.25, -0.2) is 0 Å². The molecule has 1 aromatic carbocycles. The van der Waals surface area contributed by atoms with E-state index in [4.69, 9.17) is 0 Å². The van der Waals surface area contributed by atoms with E-state index in [0.717, 1.165) is 17.8 Å². The van der Waals surface area contributed by atoms with E-state index in [0.29, 0.717) is 5.92 Å². The summed E-state index contributed by atoms with van der Waals surface area (Å²) in [7, 11) is 0. The van der Waals surface area contributed by atoms with Crippen molar-refractivity contribution in [2.45, 2.75) is 129 Å². The Bertz CT molecular complexity index is 993. The molecule has 0 spiro atoms. The van der Waals surface area contributed by atoms with Gasteiger partial charge in [0.1, 0.15) is 0 Å². The average Bonchev–Trinajstić information content (AvgIpc) is 3.14. The van der Waals surface area contributed by atoms with Gasteiger partial charge in [0, 0.05) is 0 Å². The summed E-state index contributed by atoms with van der Waals surface area (Å²) in [5, 5.41) is 0. The number of hydrogen-bond donors (Lipinski definition) is 0. The SMILES string of the molecule is C=C(CC1CC=CCC1)C(C)CC1=CCC(CC2CCCC(CCc3cccc(C(C)(C)C)c3)CC2)=CC1. The van der Waals surface area contributed by atoms with Gasteiger partial charge in [0.15, 0.2) is 0 Å². The summed E-state index contributed by atoms with van der Waals surface area (Å²) < 4.78 is 0. The highest BCUT2D eigenvalue weighted by atomic mass is 14.3. The third kappa shape index (κ3) is 9.14. The highest BCUT2D eigenvalue weighted by Gasteiger charge is 2.22. The van der Waals surface area contributed by atoms with Crippen LogP contribution in [-0.2, 0) is 11.8 Å². The maximum absolute atomic E-state index is 4.50. The van der Waals surface area contributed by atoms with E-state index in [9.17, 15) is 0 Å². The van der Waals surface area contributed by atoms with Gasteiger partial charge in [0.2, 0.25) is 0 Å². The number of rotatable bonds is 10. The van der Waals surface area contributed by atoms with Crippen LogP contribution in [0.2, 0.25) is 0 Å². The Balaban J connectivity index is 1.16. The lowest BCUT2D eigenvalue weighted by Crippen LogP contribution is -2.11. The van der Waals surface area contributed by atoms with Gasteiger partial charge in [-0.3, -0.25) is 0 Å². The Morgan fingerprint density at radius 3 is 2.42 bits per heavy atom. The molecule has 0 amide bonds. The number of aryl methyl sites for hydroxylation is 1. The van der Waals surface area contributed by atoms with Crippen molar-refractivity contribution in [1.29, 1.82) is 0 Å². The smallest absolute Gasteiger partial charge is 0.0132 e. The molecule has 0 N–H and O–H groups in total. The Labute approximate surface area is 235 Å². The molecule has 0 nitrogen and oxygen atoms in total. The third-order valence-corrected chi connectivity index (χ3v) is 9.89. The van der Waals surface area contributed by atoms with Crippen LogP contribution in [0.3, 0.4) is 0 Å². The van der Waals surface area contributed by atoms with Gasteiger partial charge in [-0.05, 0) is 111 Å². The molecule has 3 aliphatic rings. The highest BCUT2D eigenvalue weighted by Crippen LogP contribution is 2.37. The van der Waals surface area contributed by atoms with E-state index in [1.807, 2.05) is 0 Å². The van der Waals surface area contributed by atoms with Crippen LogP contribution >= 0.6 is 0 Å². The second-order valence-electron chi connectivity index (χ2n) is 14.2. The largest absolute Gasteiger partial charge is 0.0996 e. The second kappa shape index (κ2) is 14.0. The quantitative estimate of drug-likeness (QED) is 0.216. The van der Waals surface area contributed by atoms with E-state index in [1.165, 1.54) is 113 Å². The summed E-state index contributed by atoms with van der Waals surface area (Å²) in [6, 6.07) is 9.37. The highest BCUT2D eigenvalue weighted by molar-refractivity contribution is 5.29. The molecule has 1 fully saturated rings. The van der Waals surface area contributed by atoms with Crippen molar-refractivity contribution in [3.05, 3.63) is 83.0 Å². The minimum atomic E-state index is 0.245. The van der Waals surface area contributed by atoms with E-state index in [2.05, 4.69) is 82.8 Å². The summed E-state index contributed by atoms with van der Waals surface area (Å²) in [6.45, 7) is 13.9. The molecule has 0 aromatic heterocycles. The molecule has 1 saturated carbocycles. The van der Waals surface area contributed by atoms with E-state index >= 15 is 0 Å². The summed E-state index contributed by atoms with van der Waals surface area (Å²) in [5.41, 5.74) is 8.12. The lowest BCUT2D eigenvalue weighted by molar-refractivity contribution is 0.408. The first kappa shape index (κ1) is 29.2. The molecule has 0 aliphatic heterocycles. The summed E-state index contributed by atoms with van der Waals surface area (Å²) in [5.74, 6) is 3.29. The molecule has 38 heavy (non-hydrogen) atoms. The fraction of sp³-hybridized carbons (Fsp3) is 0.632. The minimum absolute atomic E-state index is 0.245. The van der Waals surface area contributed by atoms with Crippen molar-refractivity contribution in [3.63, 3.8) is 0 Å². The number of benzene rings is 1. The van der Waals surface area contributed by atoms with Crippen LogP contribution < -0.4 is 0 Å². The third-order valence-electron chi connectivity index (χ3n) is 9.89.